The normalized spacial score (nSPS) is 10.2. The van der Waals surface area contributed by atoms with Gasteiger partial charge >= 0.3 is 0 Å². The summed E-state index contributed by atoms with van der Waals surface area (Å²) in [6, 6.07) is 9.51. The van der Waals surface area contributed by atoms with E-state index >= 15 is 0 Å². The van der Waals surface area contributed by atoms with Gasteiger partial charge < -0.3 is 10.1 Å². The molecule has 0 spiro atoms. The summed E-state index contributed by atoms with van der Waals surface area (Å²) in [6.45, 7) is 0.631. The van der Waals surface area contributed by atoms with Crippen molar-refractivity contribution in [1.29, 1.82) is 0 Å². The molecule has 2 rings (SSSR count). The minimum atomic E-state index is 0.355. The lowest BCUT2D eigenvalue weighted by Gasteiger charge is -2.08. The smallest absolute Gasteiger partial charge is 0.163 e. The first kappa shape index (κ1) is 13.1. The first-order valence-electron chi connectivity index (χ1n) is 5.24. The summed E-state index contributed by atoms with van der Waals surface area (Å²) in [7, 11) is 1.65. The van der Waals surface area contributed by atoms with Crippen molar-refractivity contribution in [3.8, 4) is 5.75 Å². The van der Waals surface area contributed by atoms with E-state index in [-0.39, 0.29) is 0 Å². The Morgan fingerprint density at radius 2 is 2.17 bits per heavy atom. The Morgan fingerprint density at radius 3 is 2.89 bits per heavy atom. The van der Waals surface area contributed by atoms with Crippen LogP contribution in [0.4, 0.5) is 5.82 Å². The summed E-state index contributed by atoms with van der Waals surface area (Å²) in [5.74, 6) is 1.48. The molecule has 0 unspecified atom stereocenters. The van der Waals surface area contributed by atoms with Gasteiger partial charge in [0, 0.05) is 6.54 Å². The summed E-state index contributed by atoms with van der Waals surface area (Å²) < 4.78 is 5.95. The van der Waals surface area contributed by atoms with Gasteiger partial charge in [-0.15, -0.1) is 10.2 Å². The first-order valence-corrected chi connectivity index (χ1v) is 6.41. The van der Waals surface area contributed by atoms with E-state index in [9.17, 15) is 0 Å². The minimum absolute atomic E-state index is 0.355. The van der Waals surface area contributed by atoms with Gasteiger partial charge in [0.05, 0.1) is 11.6 Å². The highest BCUT2D eigenvalue weighted by Crippen LogP contribution is 2.22. The van der Waals surface area contributed by atoms with Gasteiger partial charge in [0.25, 0.3) is 0 Å². The average molecular weight is 329 g/mol. The van der Waals surface area contributed by atoms with Crippen molar-refractivity contribution in [2.45, 2.75) is 6.54 Å². The van der Waals surface area contributed by atoms with Gasteiger partial charge in [-0.1, -0.05) is 23.7 Å². The molecule has 0 aliphatic carbocycles. The summed E-state index contributed by atoms with van der Waals surface area (Å²) in [5, 5.41) is 11.3. The highest BCUT2D eigenvalue weighted by atomic mass is 79.9. The Bertz CT molecular complexity index is 551. The first-order chi connectivity index (χ1) is 8.69. The van der Waals surface area contributed by atoms with Crippen LogP contribution in [0.15, 0.2) is 34.8 Å². The lowest BCUT2D eigenvalue weighted by Crippen LogP contribution is -2.03. The highest BCUT2D eigenvalue weighted by molar-refractivity contribution is 9.10. The second kappa shape index (κ2) is 6.02. The SMILES string of the molecule is COc1cccc(CNc2nnc(Cl)cc2Br)c1. The van der Waals surface area contributed by atoms with Crippen LogP contribution in [0.3, 0.4) is 0 Å². The summed E-state index contributed by atoms with van der Waals surface area (Å²) in [6.07, 6.45) is 0. The van der Waals surface area contributed by atoms with Crippen molar-refractivity contribution in [3.05, 3.63) is 45.5 Å². The van der Waals surface area contributed by atoms with E-state index in [4.69, 9.17) is 16.3 Å². The van der Waals surface area contributed by atoms with Gasteiger partial charge in [-0.2, -0.15) is 0 Å². The van der Waals surface area contributed by atoms with Crippen LogP contribution in [0.1, 0.15) is 5.56 Å². The number of hydrogen-bond acceptors (Lipinski definition) is 4. The topological polar surface area (TPSA) is 47.0 Å². The third-order valence-corrected chi connectivity index (χ3v) is 3.10. The zero-order valence-electron chi connectivity index (χ0n) is 9.65. The zero-order chi connectivity index (χ0) is 13.0. The number of anilines is 1. The third-order valence-electron chi connectivity index (χ3n) is 2.31. The Morgan fingerprint density at radius 1 is 1.33 bits per heavy atom. The number of aromatic nitrogens is 2. The van der Waals surface area contributed by atoms with Crippen LogP contribution in [0, 0.1) is 0 Å². The van der Waals surface area contributed by atoms with Crippen molar-refractivity contribution < 1.29 is 4.74 Å². The van der Waals surface area contributed by atoms with E-state index in [1.165, 1.54) is 0 Å². The summed E-state index contributed by atoms with van der Waals surface area (Å²) >= 11 is 9.10. The maximum atomic E-state index is 5.73. The molecule has 1 aromatic carbocycles. The zero-order valence-corrected chi connectivity index (χ0v) is 12.0. The van der Waals surface area contributed by atoms with E-state index in [1.54, 1.807) is 13.2 Å². The highest BCUT2D eigenvalue weighted by Gasteiger charge is 2.03. The van der Waals surface area contributed by atoms with Crippen LogP contribution >= 0.6 is 27.5 Å². The third kappa shape index (κ3) is 3.34. The van der Waals surface area contributed by atoms with Gasteiger partial charge in [0.1, 0.15) is 5.75 Å². The van der Waals surface area contributed by atoms with E-state index in [2.05, 4.69) is 31.4 Å². The number of halogens is 2. The van der Waals surface area contributed by atoms with Crippen LogP contribution in [-0.2, 0) is 6.54 Å². The predicted octanol–water partition coefficient (Wildman–Crippen LogP) is 3.51. The monoisotopic (exact) mass is 327 g/mol. The number of nitrogens with one attached hydrogen (secondary N) is 1. The van der Waals surface area contributed by atoms with E-state index in [0.29, 0.717) is 17.5 Å². The maximum Gasteiger partial charge on any atom is 0.163 e. The largest absolute Gasteiger partial charge is 0.497 e. The molecule has 6 heteroatoms. The number of hydrogen-bond donors (Lipinski definition) is 1. The molecule has 0 aliphatic rings. The fourth-order valence-corrected chi connectivity index (χ4v) is 2.15. The second-order valence-electron chi connectivity index (χ2n) is 3.57. The van der Waals surface area contributed by atoms with Crippen molar-refractivity contribution >= 4 is 33.3 Å². The van der Waals surface area contributed by atoms with Crippen molar-refractivity contribution in [2.24, 2.45) is 0 Å². The molecule has 0 saturated carbocycles. The van der Waals surface area contributed by atoms with Crippen molar-refractivity contribution in [3.63, 3.8) is 0 Å². The van der Waals surface area contributed by atoms with Gasteiger partial charge in [-0.25, -0.2) is 0 Å². The van der Waals surface area contributed by atoms with Gasteiger partial charge in [-0.3, -0.25) is 0 Å². The lowest BCUT2D eigenvalue weighted by atomic mass is 10.2. The minimum Gasteiger partial charge on any atom is -0.497 e. The fourth-order valence-electron chi connectivity index (χ4n) is 1.44. The molecule has 0 atom stereocenters. The molecule has 4 nitrogen and oxygen atoms in total. The number of nitrogens with zero attached hydrogens (tertiary/aromatic N) is 2. The standard InChI is InChI=1S/C12H11BrClN3O/c1-18-9-4-2-3-8(5-9)7-15-12-10(13)6-11(14)16-17-12/h2-6H,7H2,1H3,(H,15,17). The number of ether oxygens (including phenoxy) is 1. The molecule has 1 N–H and O–H groups in total. The fraction of sp³-hybridized carbons (Fsp3) is 0.167. The average Bonchev–Trinajstić information content (AvgIpc) is 2.38. The van der Waals surface area contributed by atoms with Crippen LogP contribution < -0.4 is 10.1 Å². The maximum absolute atomic E-state index is 5.73. The molecule has 0 aliphatic heterocycles. The molecule has 0 fully saturated rings. The van der Waals surface area contributed by atoms with Crippen molar-refractivity contribution in [2.75, 3.05) is 12.4 Å². The Labute approximate surface area is 118 Å². The molecule has 2 aromatic rings. The Kier molecular flexibility index (Phi) is 4.38. The van der Waals surface area contributed by atoms with Crippen LogP contribution in [0.25, 0.3) is 0 Å². The summed E-state index contributed by atoms with van der Waals surface area (Å²) in [5.41, 5.74) is 1.10. The summed E-state index contributed by atoms with van der Waals surface area (Å²) in [4.78, 5) is 0. The van der Waals surface area contributed by atoms with Gasteiger partial charge in [0.2, 0.25) is 0 Å². The molecule has 0 saturated heterocycles. The van der Waals surface area contributed by atoms with Crippen molar-refractivity contribution in [1.82, 2.24) is 10.2 Å². The molecule has 0 amide bonds. The second-order valence-corrected chi connectivity index (χ2v) is 4.81. The molecule has 1 aromatic heterocycles. The van der Waals surface area contributed by atoms with Gasteiger partial charge in [-0.05, 0) is 39.7 Å². The molecule has 0 radical (unpaired) electrons. The number of benzene rings is 1. The molecule has 94 valence electrons. The quantitative estimate of drug-likeness (QED) is 0.933. The molecule has 18 heavy (non-hydrogen) atoms. The van der Waals surface area contributed by atoms with Crippen LogP contribution in [0.5, 0.6) is 5.75 Å². The molecular formula is C12H11BrClN3O. The van der Waals surface area contributed by atoms with Gasteiger partial charge in [0.15, 0.2) is 11.0 Å². The van der Waals surface area contributed by atoms with E-state index in [1.807, 2.05) is 24.3 Å². The Balaban J connectivity index is 2.06. The lowest BCUT2D eigenvalue weighted by molar-refractivity contribution is 0.414. The molecule has 0 bridgehead atoms. The number of rotatable bonds is 4. The van der Waals surface area contributed by atoms with Crippen LogP contribution in [-0.4, -0.2) is 17.3 Å². The van der Waals surface area contributed by atoms with E-state index in [0.717, 1.165) is 15.8 Å². The molecular weight excluding hydrogens is 318 g/mol. The van der Waals surface area contributed by atoms with Crippen LogP contribution in [0.2, 0.25) is 5.15 Å². The molecule has 1 heterocycles. The predicted molar refractivity (Wildman–Crippen MR) is 75.1 cm³/mol. The van der Waals surface area contributed by atoms with E-state index < -0.39 is 0 Å². The Hall–Kier alpha value is -1.33. The number of methoxy groups -OCH3 is 1.